The van der Waals surface area contributed by atoms with Crippen LogP contribution < -0.4 is 4.90 Å². The molecule has 1 saturated heterocycles. The number of ether oxygens (including phenoxy) is 2. The third kappa shape index (κ3) is 10.3. The molecule has 114 valence electrons. The van der Waals surface area contributed by atoms with Crippen LogP contribution in [0.2, 0.25) is 0 Å². The summed E-state index contributed by atoms with van der Waals surface area (Å²) in [6.07, 6.45) is 11.0. The van der Waals surface area contributed by atoms with Crippen molar-refractivity contribution in [3.05, 3.63) is 0 Å². The molecule has 19 heavy (non-hydrogen) atoms. The van der Waals surface area contributed by atoms with Crippen molar-refractivity contribution in [2.75, 3.05) is 46.1 Å². The van der Waals surface area contributed by atoms with E-state index in [9.17, 15) is 0 Å². The normalized spacial score (nSPS) is 16.9. The maximum absolute atomic E-state index is 5.72. The Morgan fingerprint density at radius 1 is 0.842 bits per heavy atom. The summed E-state index contributed by atoms with van der Waals surface area (Å²) in [4.78, 5) is 1.64. The Kier molecular flexibility index (Phi) is 11.5. The van der Waals surface area contributed by atoms with Gasteiger partial charge in [0.1, 0.15) is 19.6 Å². The predicted octanol–water partition coefficient (Wildman–Crippen LogP) is 2.06. The molecule has 0 radical (unpaired) electrons. The van der Waals surface area contributed by atoms with Crippen LogP contribution in [0.3, 0.4) is 0 Å². The summed E-state index contributed by atoms with van der Waals surface area (Å²) in [5.74, 6) is 0. The largest absolute Gasteiger partial charge is 0.376 e. The molecule has 1 N–H and O–H groups in total. The van der Waals surface area contributed by atoms with Gasteiger partial charge in [0.2, 0.25) is 0 Å². The molecule has 0 atom stereocenters. The monoisotopic (exact) mass is 272 g/mol. The van der Waals surface area contributed by atoms with Gasteiger partial charge in [-0.2, -0.15) is 0 Å². The molecular formula is C16H34NO2+. The van der Waals surface area contributed by atoms with Gasteiger partial charge in [0.25, 0.3) is 0 Å². The lowest BCUT2D eigenvalue weighted by Crippen LogP contribution is -3.14. The maximum atomic E-state index is 5.72. The van der Waals surface area contributed by atoms with Gasteiger partial charge in [0.05, 0.1) is 19.8 Å². The Labute approximate surface area is 119 Å². The zero-order valence-corrected chi connectivity index (χ0v) is 12.9. The van der Waals surface area contributed by atoms with Gasteiger partial charge in [0.15, 0.2) is 0 Å². The fourth-order valence-corrected chi connectivity index (χ4v) is 2.57. The molecule has 1 aliphatic heterocycles. The fourth-order valence-electron chi connectivity index (χ4n) is 2.57. The molecule has 0 bridgehead atoms. The Balaban J connectivity index is 1.71. The summed E-state index contributed by atoms with van der Waals surface area (Å²) in [5.41, 5.74) is 0. The summed E-state index contributed by atoms with van der Waals surface area (Å²) < 4.78 is 11.1. The smallest absolute Gasteiger partial charge is 0.101 e. The minimum atomic E-state index is 0.922. The topological polar surface area (TPSA) is 22.9 Å². The van der Waals surface area contributed by atoms with Crippen molar-refractivity contribution in [3.63, 3.8) is 0 Å². The average molecular weight is 272 g/mol. The third-order valence-electron chi connectivity index (χ3n) is 3.94. The molecule has 1 heterocycles. The lowest BCUT2D eigenvalue weighted by atomic mass is 10.1. The minimum absolute atomic E-state index is 0.922. The molecule has 0 aromatic carbocycles. The van der Waals surface area contributed by atoms with E-state index >= 15 is 0 Å². The van der Waals surface area contributed by atoms with Crippen LogP contribution in [-0.4, -0.2) is 46.1 Å². The molecule has 3 nitrogen and oxygen atoms in total. The van der Waals surface area contributed by atoms with Crippen molar-refractivity contribution >= 4 is 0 Å². The Hall–Kier alpha value is -0.120. The van der Waals surface area contributed by atoms with Crippen LogP contribution in [0.4, 0.5) is 0 Å². The van der Waals surface area contributed by atoms with E-state index in [1.54, 1.807) is 4.90 Å². The first kappa shape index (κ1) is 16.9. The molecule has 0 aliphatic carbocycles. The van der Waals surface area contributed by atoms with Crippen molar-refractivity contribution < 1.29 is 14.4 Å². The molecular weight excluding hydrogens is 238 g/mol. The van der Waals surface area contributed by atoms with Crippen molar-refractivity contribution in [1.29, 1.82) is 0 Å². The van der Waals surface area contributed by atoms with Gasteiger partial charge in [-0.25, -0.2) is 0 Å². The van der Waals surface area contributed by atoms with E-state index in [1.165, 1.54) is 51.4 Å². The van der Waals surface area contributed by atoms with Gasteiger partial charge < -0.3 is 14.4 Å². The summed E-state index contributed by atoms with van der Waals surface area (Å²) in [7, 11) is 0. The van der Waals surface area contributed by atoms with Crippen molar-refractivity contribution in [2.24, 2.45) is 0 Å². The average Bonchev–Trinajstić information content (AvgIpc) is 2.46. The van der Waals surface area contributed by atoms with E-state index < -0.39 is 0 Å². The summed E-state index contributed by atoms with van der Waals surface area (Å²) in [6.45, 7) is 9.46. The molecule has 0 spiro atoms. The third-order valence-corrected chi connectivity index (χ3v) is 3.94. The van der Waals surface area contributed by atoms with E-state index in [0.29, 0.717) is 0 Å². The molecule has 0 amide bonds. The SMILES string of the molecule is CCCCCCCCCCOCC[NH+]1CCOCC1. The van der Waals surface area contributed by atoms with Crippen LogP contribution in [0.5, 0.6) is 0 Å². The highest BCUT2D eigenvalue weighted by molar-refractivity contribution is 4.46. The second-order valence-electron chi connectivity index (χ2n) is 5.70. The summed E-state index contributed by atoms with van der Waals surface area (Å²) >= 11 is 0. The highest BCUT2D eigenvalue weighted by atomic mass is 16.5. The Morgan fingerprint density at radius 3 is 2.16 bits per heavy atom. The molecule has 0 aromatic rings. The lowest BCUT2D eigenvalue weighted by Gasteiger charge is -2.23. The number of hydrogen-bond donors (Lipinski definition) is 1. The first-order valence-corrected chi connectivity index (χ1v) is 8.42. The highest BCUT2D eigenvalue weighted by Crippen LogP contribution is 2.08. The number of quaternary nitrogens is 1. The Morgan fingerprint density at radius 2 is 1.47 bits per heavy atom. The molecule has 1 rings (SSSR count). The summed E-state index contributed by atoms with van der Waals surface area (Å²) in [6, 6.07) is 0. The highest BCUT2D eigenvalue weighted by Gasteiger charge is 2.12. The van der Waals surface area contributed by atoms with Crippen molar-refractivity contribution in [2.45, 2.75) is 58.3 Å². The van der Waals surface area contributed by atoms with Gasteiger partial charge in [0, 0.05) is 6.61 Å². The Bertz CT molecular complexity index is 182. The number of nitrogens with one attached hydrogen (secondary N) is 1. The number of rotatable bonds is 12. The van der Waals surface area contributed by atoms with Gasteiger partial charge in [-0.15, -0.1) is 0 Å². The number of morpholine rings is 1. The maximum Gasteiger partial charge on any atom is 0.101 e. The minimum Gasteiger partial charge on any atom is -0.376 e. The molecule has 3 heteroatoms. The van der Waals surface area contributed by atoms with Crippen molar-refractivity contribution in [1.82, 2.24) is 0 Å². The lowest BCUT2D eigenvalue weighted by molar-refractivity contribution is -0.908. The molecule has 0 aromatic heterocycles. The van der Waals surface area contributed by atoms with E-state index in [4.69, 9.17) is 9.47 Å². The van der Waals surface area contributed by atoms with Crippen LogP contribution in [-0.2, 0) is 9.47 Å². The predicted molar refractivity (Wildman–Crippen MR) is 79.8 cm³/mol. The van der Waals surface area contributed by atoms with Gasteiger partial charge in [-0.3, -0.25) is 0 Å². The first-order chi connectivity index (χ1) is 9.43. The standard InChI is InChI=1S/C16H33NO2/c1-2-3-4-5-6-7-8-9-13-18-14-10-17-11-15-19-16-12-17/h2-16H2,1H3/p+1. The number of unbranched alkanes of at least 4 members (excludes halogenated alkanes) is 7. The van der Waals surface area contributed by atoms with Crippen molar-refractivity contribution in [3.8, 4) is 0 Å². The van der Waals surface area contributed by atoms with E-state index in [0.717, 1.165) is 46.1 Å². The second kappa shape index (κ2) is 12.9. The summed E-state index contributed by atoms with van der Waals surface area (Å²) in [5, 5.41) is 0. The first-order valence-electron chi connectivity index (χ1n) is 8.42. The number of hydrogen-bond acceptors (Lipinski definition) is 2. The van der Waals surface area contributed by atoms with Crippen LogP contribution in [0.25, 0.3) is 0 Å². The molecule has 1 fully saturated rings. The zero-order chi connectivity index (χ0) is 13.6. The van der Waals surface area contributed by atoms with Gasteiger partial charge in [-0.1, -0.05) is 51.9 Å². The van der Waals surface area contributed by atoms with Gasteiger partial charge in [-0.05, 0) is 6.42 Å². The molecule has 1 aliphatic rings. The van der Waals surface area contributed by atoms with Crippen LogP contribution in [0, 0.1) is 0 Å². The molecule has 0 saturated carbocycles. The van der Waals surface area contributed by atoms with Gasteiger partial charge >= 0.3 is 0 Å². The zero-order valence-electron chi connectivity index (χ0n) is 12.9. The quantitative estimate of drug-likeness (QED) is 0.550. The molecule has 0 unspecified atom stereocenters. The van der Waals surface area contributed by atoms with E-state index in [-0.39, 0.29) is 0 Å². The second-order valence-corrected chi connectivity index (χ2v) is 5.70. The van der Waals surface area contributed by atoms with Crippen LogP contribution >= 0.6 is 0 Å². The van der Waals surface area contributed by atoms with Crippen LogP contribution in [0.15, 0.2) is 0 Å². The van der Waals surface area contributed by atoms with E-state index in [1.807, 2.05) is 0 Å². The van der Waals surface area contributed by atoms with Crippen LogP contribution in [0.1, 0.15) is 58.3 Å². The van der Waals surface area contributed by atoms with E-state index in [2.05, 4.69) is 6.92 Å². The fraction of sp³-hybridized carbons (Fsp3) is 1.00.